The van der Waals surface area contributed by atoms with Crippen LogP contribution in [0.5, 0.6) is 0 Å². The highest BCUT2D eigenvalue weighted by molar-refractivity contribution is 5.85. The van der Waals surface area contributed by atoms with Crippen LogP contribution in [-0.2, 0) is 4.74 Å². The summed E-state index contributed by atoms with van der Waals surface area (Å²) in [7, 11) is 1.79. The van der Waals surface area contributed by atoms with E-state index >= 15 is 0 Å². The van der Waals surface area contributed by atoms with E-state index in [4.69, 9.17) is 10.5 Å². The minimum absolute atomic E-state index is 0. The summed E-state index contributed by atoms with van der Waals surface area (Å²) in [6.45, 7) is 2.17. The second kappa shape index (κ2) is 4.29. The largest absolute Gasteiger partial charge is 0.379 e. The minimum Gasteiger partial charge on any atom is -0.379 e. The summed E-state index contributed by atoms with van der Waals surface area (Å²) in [6, 6.07) is 0.420. The summed E-state index contributed by atoms with van der Waals surface area (Å²) < 4.78 is 5.37. The van der Waals surface area contributed by atoms with E-state index in [1.54, 1.807) is 7.11 Å². The van der Waals surface area contributed by atoms with Crippen LogP contribution in [0.15, 0.2) is 0 Å². The summed E-state index contributed by atoms with van der Waals surface area (Å²) in [6.07, 6.45) is 4.46. The summed E-state index contributed by atoms with van der Waals surface area (Å²) in [4.78, 5) is 0. The normalized spacial score (nSPS) is 37.9. The van der Waals surface area contributed by atoms with Crippen molar-refractivity contribution in [2.75, 3.05) is 7.11 Å². The molecule has 0 aliphatic heterocycles. The predicted molar refractivity (Wildman–Crippen MR) is 49.1 cm³/mol. The molecular formula is C8H18ClNO. The molecule has 0 aromatic carbocycles. The first kappa shape index (κ1) is 11.2. The molecule has 0 aromatic heterocycles. The lowest BCUT2D eigenvalue weighted by Gasteiger charge is -2.34. The molecule has 3 heteroatoms. The van der Waals surface area contributed by atoms with Gasteiger partial charge in [-0.05, 0) is 32.6 Å². The lowest BCUT2D eigenvalue weighted by molar-refractivity contribution is -0.0265. The van der Waals surface area contributed by atoms with Gasteiger partial charge in [-0.1, -0.05) is 0 Å². The van der Waals surface area contributed by atoms with Crippen molar-refractivity contribution in [3.63, 3.8) is 0 Å². The van der Waals surface area contributed by atoms with Gasteiger partial charge in [0.25, 0.3) is 0 Å². The van der Waals surface area contributed by atoms with Gasteiger partial charge in [-0.2, -0.15) is 0 Å². The molecule has 68 valence electrons. The van der Waals surface area contributed by atoms with Gasteiger partial charge in [-0.3, -0.25) is 0 Å². The molecule has 0 amide bonds. The van der Waals surface area contributed by atoms with Crippen LogP contribution in [0.3, 0.4) is 0 Å². The molecule has 11 heavy (non-hydrogen) atoms. The summed E-state index contributed by atoms with van der Waals surface area (Å²) >= 11 is 0. The highest BCUT2D eigenvalue weighted by atomic mass is 35.5. The van der Waals surface area contributed by atoms with Crippen LogP contribution in [0.2, 0.25) is 0 Å². The van der Waals surface area contributed by atoms with E-state index in [2.05, 4.69) is 6.92 Å². The Labute approximate surface area is 74.9 Å². The molecule has 0 radical (unpaired) electrons. The van der Waals surface area contributed by atoms with Gasteiger partial charge in [0.1, 0.15) is 0 Å². The molecule has 0 saturated heterocycles. The van der Waals surface area contributed by atoms with E-state index < -0.39 is 0 Å². The zero-order valence-corrected chi connectivity index (χ0v) is 8.12. The van der Waals surface area contributed by atoms with Gasteiger partial charge < -0.3 is 10.5 Å². The zero-order valence-electron chi connectivity index (χ0n) is 7.30. The number of ether oxygens (including phenoxy) is 1. The SMILES string of the molecule is COC1(C)CCC(N)CC1.Cl. The molecule has 1 fully saturated rings. The third-order valence-electron chi connectivity index (χ3n) is 2.58. The smallest absolute Gasteiger partial charge is 0.0652 e. The molecule has 1 aliphatic carbocycles. The average Bonchev–Trinajstić information content (AvgIpc) is 1.96. The average molecular weight is 180 g/mol. The predicted octanol–water partition coefficient (Wildman–Crippen LogP) is 1.71. The van der Waals surface area contributed by atoms with Crippen LogP contribution in [0.1, 0.15) is 32.6 Å². The second-order valence-electron chi connectivity index (χ2n) is 3.49. The maximum absolute atomic E-state index is 5.75. The monoisotopic (exact) mass is 179 g/mol. The molecule has 0 heterocycles. The van der Waals surface area contributed by atoms with Crippen LogP contribution >= 0.6 is 12.4 Å². The van der Waals surface area contributed by atoms with Gasteiger partial charge >= 0.3 is 0 Å². The number of hydrogen-bond acceptors (Lipinski definition) is 2. The number of hydrogen-bond donors (Lipinski definition) is 1. The summed E-state index contributed by atoms with van der Waals surface area (Å²) in [5.74, 6) is 0. The highest BCUT2D eigenvalue weighted by Gasteiger charge is 2.28. The number of halogens is 1. The number of rotatable bonds is 1. The molecular weight excluding hydrogens is 162 g/mol. The van der Waals surface area contributed by atoms with Gasteiger partial charge in [0.05, 0.1) is 5.60 Å². The van der Waals surface area contributed by atoms with Crippen molar-refractivity contribution < 1.29 is 4.74 Å². The Bertz CT molecular complexity index is 111. The molecule has 0 aromatic rings. The Morgan fingerprint density at radius 2 is 1.82 bits per heavy atom. The Kier molecular flexibility index (Phi) is 4.37. The van der Waals surface area contributed by atoms with Crippen LogP contribution in [0, 0.1) is 0 Å². The van der Waals surface area contributed by atoms with Crippen molar-refractivity contribution in [2.45, 2.75) is 44.2 Å². The Balaban J connectivity index is 0.000001000. The molecule has 1 rings (SSSR count). The van der Waals surface area contributed by atoms with Crippen molar-refractivity contribution in [2.24, 2.45) is 5.73 Å². The molecule has 2 N–H and O–H groups in total. The third kappa shape index (κ3) is 2.97. The molecule has 1 saturated carbocycles. The molecule has 0 unspecified atom stereocenters. The van der Waals surface area contributed by atoms with Gasteiger partial charge in [-0.25, -0.2) is 0 Å². The zero-order chi connectivity index (χ0) is 7.61. The molecule has 0 spiro atoms. The van der Waals surface area contributed by atoms with E-state index in [1.165, 1.54) is 0 Å². The van der Waals surface area contributed by atoms with Gasteiger partial charge in [-0.15, -0.1) is 12.4 Å². The Morgan fingerprint density at radius 1 is 1.36 bits per heavy atom. The molecule has 1 aliphatic rings. The minimum atomic E-state index is 0. The van der Waals surface area contributed by atoms with Crippen LogP contribution < -0.4 is 5.73 Å². The quantitative estimate of drug-likeness (QED) is 0.666. The third-order valence-corrected chi connectivity index (χ3v) is 2.58. The van der Waals surface area contributed by atoms with Crippen LogP contribution in [0.25, 0.3) is 0 Å². The van der Waals surface area contributed by atoms with Crippen molar-refractivity contribution in [3.8, 4) is 0 Å². The van der Waals surface area contributed by atoms with E-state index in [0.717, 1.165) is 25.7 Å². The maximum Gasteiger partial charge on any atom is 0.0652 e. The fourth-order valence-electron chi connectivity index (χ4n) is 1.45. The Hall–Kier alpha value is 0.210. The standard InChI is InChI=1S/C8H17NO.ClH/c1-8(10-2)5-3-7(9)4-6-8;/h7H,3-6,9H2,1-2H3;1H. The van der Waals surface area contributed by atoms with E-state index in [9.17, 15) is 0 Å². The van der Waals surface area contributed by atoms with Crippen molar-refractivity contribution in [1.82, 2.24) is 0 Å². The van der Waals surface area contributed by atoms with Crippen molar-refractivity contribution in [1.29, 1.82) is 0 Å². The Morgan fingerprint density at radius 3 is 2.18 bits per heavy atom. The summed E-state index contributed by atoms with van der Waals surface area (Å²) in [5.41, 5.74) is 5.88. The van der Waals surface area contributed by atoms with E-state index in [-0.39, 0.29) is 18.0 Å². The molecule has 2 nitrogen and oxygen atoms in total. The topological polar surface area (TPSA) is 35.2 Å². The second-order valence-corrected chi connectivity index (χ2v) is 3.49. The van der Waals surface area contributed by atoms with Gasteiger partial charge in [0.2, 0.25) is 0 Å². The van der Waals surface area contributed by atoms with Crippen molar-refractivity contribution in [3.05, 3.63) is 0 Å². The lowest BCUT2D eigenvalue weighted by atomic mass is 9.84. The summed E-state index contributed by atoms with van der Waals surface area (Å²) in [5, 5.41) is 0. The first-order chi connectivity index (χ1) is 4.66. The van der Waals surface area contributed by atoms with E-state index in [0.29, 0.717) is 6.04 Å². The van der Waals surface area contributed by atoms with Gasteiger partial charge in [0.15, 0.2) is 0 Å². The van der Waals surface area contributed by atoms with Crippen molar-refractivity contribution >= 4 is 12.4 Å². The fraction of sp³-hybridized carbons (Fsp3) is 1.00. The fourth-order valence-corrected chi connectivity index (χ4v) is 1.45. The molecule has 0 bridgehead atoms. The first-order valence-electron chi connectivity index (χ1n) is 3.97. The molecule has 0 atom stereocenters. The maximum atomic E-state index is 5.75. The number of nitrogens with two attached hydrogens (primary N) is 1. The van der Waals surface area contributed by atoms with Crippen LogP contribution in [0.4, 0.5) is 0 Å². The van der Waals surface area contributed by atoms with Crippen LogP contribution in [-0.4, -0.2) is 18.8 Å². The van der Waals surface area contributed by atoms with Gasteiger partial charge in [0, 0.05) is 13.2 Å². The van der Waals surface area contributed by atoms with E-state index in [1.807, 2.05) is 0 Å². The first-order valence-corrected chi connectivity index (χ1v) is 3.97. The lowest BCUT2D eigenvalue weighted by Crippen LogP contribution is -2.37. The highest BCUT2D eigenvalue weighted by Crippen LogP contribution is 2.29. The number of methoxy groups -OCH3 is 1.